The first-order valence-electron chi connectivity index (χ1n) is 5.64. The quantitative estimate of drug-likeness (QED) is 0.877. The molecule has 2 aromatic rings. The van der Waals surface area contributed by atoms with E-state index in [1.807, 2.05) is 24.3 Å². The molecule has 1 aromatic carbocycles. The van der Waals surface area contributed by atoms with Crippen LogP contribution < -0.4 is 11.1 Å². The predicted octanol–water partition coefficient (Wildman–Crippen LogP) is 2.87. The second-order valence-electron chi connectivity index (χ2n) is 4.44. The minimum Gasteiger partial charge on any atom is -0.397 e. The van der Waals surface area contributed by atoms with Gasteiger partial charge in [-0.1, -0.05) is 32.0 Å². The Bertz CT molecular complexity index is 545. The summed E-state index contributed by atoms with van der Waals surface area (Å²) in [7, 11) is 0. The number of benzene rings is 1. The summed E-state index contributed by atoms with van der Waals surface area (Å²) in [5.41, 5.74) is 6.59. The normalized spacial score (nSPS) is 11.0. The molecule has 3 N–H and O–H groups in total. The van der Waals surface area contributed by atoms with Gasteiger partial charge >= 0.3 is 0 Å². The molecule has 0 radical (unpaired) electrons. The number of nitrogen functional groups attached to an aromatic ring is 1. The van der Waals surface area contributed by atoms with Gasteiger partial charge in [0.1, 0.15) is 4.88 Å². The van der Waals surface area contributed by atoms with Crippen LogP contribution in [0.2, 0.25) is 0 Å². The van der Waals surface area contributed by atoms with E-state index in [9.17, 15) is 4.79 Å². The highest BCUT2D eigenvalue weighted by Crippen LogP contribution is 2.33. The molecule has 0 spiro atoms. The highest BCUT2D eigenvalue weighted by Gasteiger charge is 2.15. The average Bonchev–Trinajstić information content (AvgIpc) is 2.64. The molecule has 0 bridgehead atoms. The summed E-state index contributed by atoms with van der Waals surface area (Å²) in [6.07, 6.45) is 0. The summed E-state index contributed by atoms with van der Waals surface area (Å²) < 4.78 is 1.06. The molecule has 1 heterocycles. The molecule has 0 aliphatic heterocycles. The van der Waals surface area contributed by atoms with Gasteiger partial charge in [0.2, 0.25) is 0 Å². The van der Waals surface area contributed by atoms with Crippen LogP contribution >= 0.6 is 11.3 Å². The number of nitrogens with two attached hydrogens (primary N) is 1. The smallest absolute Gasteiger partial charge is 0.263 e. The molecule has 0 fully saturated rings. The van der Waals surface area contributed by atoms with Crippen molar-refractivity contribution < 1.29 is 4.79 Å². The van der Waals surface area contributed by atoms with Crippen LogP contribution in [-0.2, 0) is 0 Å². The van der Waals surface area contributed by atoms with Crippen LogP contribution in [0.3, 0.4) is 0 Å². The Morgan fingerprint density at radius 3 is 2.76 bits per heavy atom. The first-order chi connectivity index (χ1) is 8.09. The zero-order chi connectivity index (χ0) is 12.4. The zero-order valence-electron chi connectivity index (χ0n) is 9.99. The number of hydrogen-bond acceptors (Lipinski definition) is 3. The lowest BCUT2D eigenvalue weighted by Gasteiger charge is -2.06. The van der Waals surface area contributed by atoms with E-state index in [2.05, 4.69) is 19.2 Å². The van der Waals surface area contributed by atoms with Crippen LogP contribution in [0, 0.1) is 5.92 Å². The van der Waals surface area contributed by atoms with Gasteiger partial charge < -0.3 is 11.1 Å². The Balaban J connectivity index is 2.29. The van der Waals surface area contributed by atoms with E-state index in [-0.39, 0.29) is 5.91 Å². The third-order valence-electron chi connectivity index (χ3n) is 2.51. The Labute approximate surface area is 105 Å². The third kappa shape index (κ3) is 2.42. The molecule has 3 nitrogen and oxygen atoms in total. The average molecular weight is 248 g/mol. The molecule has 1 aromatic heterocycles. The molecule has 2 rings (SSSR count). The van der Waals surface area contributed by atoms with Crippen molar-refractivity contribution in [1.29, 1.82) is 0 Å². The molecule has 0 saturated heterocycles. The fourth-order valence-electron chi connectivity index (χ4n) is 1.61. The fraction of sp³-hybridized carbons (Fsp3) is 0.308. The Hall–Kier alpha value is -1.55. The Morgan fingerprint density at radius 2 is 2.12 bits per heavy atom. The lowest BCUT2D eigenvalue weighted by atomic mass is 10.2. The maximum Gasteiger partial charge on any atom is 0.263 e. The van der Waals surface area contributed by atoms with Crippen molar-refractivity contribution in [3.05, 3.63) is 29.1 Å². The van der Waals surface area contributed by atoms with Crippen molar-refractivity contribution in [1.82, 2.24) is 5.32 Å². The molecule has 0 atom stereocenters. The van der Waals surface area contributed by atoms with Crippen molar-refractivity contribution in [3.8, 4) is 0 Å². The number of thiophene rings is 1. The summed E-state index contributed by atoms with van der Waals surface area (Å²) in [5, 5.41) is 3.86. The zero-order valence-corrected chi connectivity index (χ0v) is 10.8. The molecule has 0 aliphatic carbocycles. The number of nitrogens with one attached hydrogen (secondary N) is 1. The molecule has 0 saturated carbocycles. The highest BCUT2D eigenvalue weighted by molar-refractivity contribution is 7.21. The molecule has 4 heteroatoms. The first kappa shape index (κ1) is 11.9. The van der Waals surface area contributed by atoms with Crippen molar-refractivity contribution in [2.24, 2.45) is 5.92 Å². The molecular formula is C13H16N2OS. The number of carbonyl (C=O) groups is 1. The topological polar surface area (TPSA) is 55.1 Å². The maximum absolute atomic E-state index is 12.0. The Morgan fingerprint density at radius 1 is 1.41 bits per heavy atom. The lowest BCUT2D eigenvalue weighted by Crippen LogP contribution is -2.27. The molecule has 90 valence electrons. The summed E-state index contributed by atoms with van der Waals surface area (Å²) in [4.78, 5) is 12.6. The summed E-state index contributed by atoms with van der Waals surface area (Å²) in [5.74, 6) is 0.368. The van der Waals surface area contributed by atoms with Gasteiger partial charge in [-0.3, -0.25) is 4.79 Å². The third-order valence-corrected chi connectivity index (χ3v) is 3.70. The number of rotatable bonds is 3. The van der Waals surface area contributed by atoms with Gasteiger partial charge in [-0.2, -0.15) is 0 Å². The standard InChI is InChI=1S/C13H16N2OS/c1-8(2)7-15-13(16)12-11(14)9-5-3-4-6-10(9)17-12/h3-6,8H,7,14H2,1-2H3,(H,15,16). The number of anilines is 1. The van der Waals surface area contributed by atoms with Gasteiger partial charge in [0.25, 0.3) is 5.91 Å². The van der Waals surface area contributed by atoms with Crippen molar-refractivity contribution in [2.75, 3.05) is 12.3 Å². The van der Waals surface area contributed by atoms with E-state index < -0.39 is 0 Å². The number of amides is 1. The molecule has 0 unspecified atom stereocenters. The van der Waals surface area contributed by atoms with Gasteiger partial charge in [0.05, 0.1) is 5.69 Å². The molecule has 17 heavy (non-hydrogen) atoms. The van der Waals surface area contributed by atoms with Crippen LogP contribution in [0.4, 0.5) is 5.69 Å². The van der Waals surface area contributed by atoms with Crippen LogP contribution in [-0.4, -0.2) is 12.5 Å². The number of fused-ring (bicyclic) bond motifs is 1. The van der Waals surface area contributed by atoms with Gasteiger partial charge in [0.15, 0.2) is 0 Å². The largest absolute Gasteiger partial charge is 0.397 e. The molecule has 1 amide bonds. The summed E-state index contributed by atoms with van der Waals surface area (Å²) >= 11 is 1.45. The van der Waals surface area contributed by atoms with Crippen LogP contribution in [0.25, 0.3) is 10.1 Å². The minimum atomic E-state index is -0.0719. The van der Waals surface area contributed by atoms with E-state index >= 15 is 0 Å². The molecule has 0 aliphatic rings. The van der Waals surface area contributed by atoms with Crippen LogP contribution in [0.15, 0.2) is 24.3 Å². The van der Waals surface area contributed by atoms with E-state index in [1.165, 1.54) is 11.3 Å². The van der Waals surface area contributed by atoms with Crippen LogP contribution in [0.5, 0.6) is 0 Å². The SMILES string of the molecule is CC(C)CNC(=O)c1sc2ccccc2c1N. The predicted molar refractivity (Wildman–Crippen MR) is 73.4 cm³/mol. The number of carbonyl (C=O) groups excluding carboxylic acids is 1. The minimum absolute atomic E-state index is 0.0719. The van der Waals surface area contributed by atoms with Gasteiger partial charge in [-0.25, -0.2) is 0 Å². The fourth-order valence-corrected chi connectivity index (χ4v) is 2.65. The number of hydrogen-bond donors (Lipinski definition) is 2. The van der Waals surface area contributed by atoms with Gasteiger partial charge in [-0.15, -0.1) is 11.3 Å². The van der Waals surface area contributed by atoms with E-state index in [4.69, 9.17) is 5.73 Å². The van der Waals surface area contributed by atoms with E-state index in [0.717, 1.165) is 10.1 Å². The Kier molecular flexibility index (Phi) is 3.33. The highest BCUT2D eigenvalue weighted by atomic mass is 32.1. The van der Waals surface area contributed by atoms with Crippen molar-refractivity contribution in [3.63, 3.8) is 0 Å². The summed E-state index contributed by atoms with van der Waals surface area (Å²) in [6, 6.07) is 7.81. The monoisotopic (exact) mass is 248 g/mol. The maximum atomic E-state index is 12.0. The van der Waals surface area contributed by atoms with Crippen molar-refractivity contribution >= 4 is 33.0 Å². The van der Waals surface area contributed by atoms with E-state index in [1.54, 1.807) is 0 Å². The lowest BCUT2D eigenvalue weighted by molar-refractivity contribution is 0.0954. The van der Waals surface area contributed by atoms with Crippen molar-refractivity contribution in [2.45, 2.75) is 13.8 Å². The van der Waals surface area contributed by atoms with E-state index in [0.29, 0.717) is 23.0 Å². The first-order valence-corrected chi connectivity index (χ1v) is 6.46. The second kappa shape index (κ2) is 4.75. The second-order valence-corrected chi connectivity index (χ2v) is 5.50. The van der Waals surface area contributed by atoms with Crippen LogP contribution in [0.1, 0.15) is 23.5 Å². The molecular weight excluding hydrogens is 232 g/mol. The summed E-state index contributed by atoms with van der Waals surface area (Å²) in [6.45, 7) is 4.80. The van der Waals surface area contributed by atoms with Gasteiger partial charge in [-0.05, 0) is 12.0 Å². The van der Waals surface area contributed by atoms with Gasteiger partial charge in [0, 0.05) is 16.6 Å².